The summed E-state index contributed by atoms with van der Waals surface area (Å²) >= 11 is 1.63. The topological polar surface area (TPSA) is 60.3 Å². The van der Waals surface area contributed by atoms with Crippen molar-refractivity contribution in [2.75, 3.05) is 7.11 Å². The third kappa shape index (κ3) is 2.85. The van der Waals surface area contributed by atoms with E-state index in [2.05, 4.69) is 19.9 Å². The summed E-state index contributed by atoms with van der Waals surface area (Å²) in [6, 6.07) is 4.28. The molecule has 0 bridgehead atoms. The van der Waals surface area contributed by atoms with Gasteiger partial charge in [-0.3, -0.25) is 0 Å². The van der Waals surface area contributed by atoms with Crippen molar-refractivity contribution in [3.05, 3.63) is 28.2 Å². The predicted octanol–water partition coefficient (Wildman–Crippen LogP) is 2.39. The summed E-state index contributed by atoms with van der Waals surface area (Å²) in [5.41, 5.74) is 0.882. The second-order valence-corrected chi connectivity index (χ2v) is 4.29. The fourth-order valence-corrected chi connectivity index (χ4v) is 1.95. The average Bonchev–Trinajstić information content (AvgIpc) is 2.81. The Balaban J connectivity index is 2.35. The normalized spacial score (nSPS) is 11.6. The first-order valence-electron chi connectivity index (χ1n) is 5.05. The van der Waals surface area contributed by atoms with Gasteiger partial charge in [0.1, 0.15) is 5.82 Å². The van der Waals surface area contributed by atoms with Gasteiger partial charge >= 0.3 is 6.01 Å². The first-order valence-corrected chi connectivity index (χ1v) is 5.93. The lowest BCUT2D eigenvalue weighted by atomic mass is 10.3. The van der Waals surface area contributed by atoms with Crippen LogP contribution in [0.2, 0.25) is 0 Å². The molecule has 0 saturated heterocycles. The number of hydrogen-bond donors (Lipinski definition) is 0. The highest BCUT2D eigenvalue weighted by atomic mass is 32.1. The number of rotatable bonds is 3. The van der Waals surface area contributed by atoms with E-state index in [-0.39, 0.29) is 6.01 Å². The number of ether oxygens (including phenoxy) is 1. The van der Waals surface area contributed by atoms with Crippen molar-refractivity contribution in [3.8, 4) is 6.01 Å². The van der Waals surface area contributed by atoms with Gasteiger partial charge in [-0.15, -0.1) is 11.3 Å². The molecule has 0 N–H and O–H groups in total. The minimum atomic E-state index is 0.287. The summed E-state index contributed by atoms with van der Waals surface area (Å²) in [6.07, 6.45) is 0. The molecule has 0 amide bonds. The Bertz CT molecular complexity index is 536. The van der Waals surface area contributed by atoms with Gasteiger partial charge in [-0.1, -0.05) is 6.07 Å². The van der Waals surface area contributed by atoms with Gasteiger partial charge in [0.15, 0.2) is 0 Å². The Hall–Kier alpha value is -1.82. The van der Waals surface area contributed by atoms with Crippen LogP contribution in [0.1, 0.15) is 17.6 Å². The number of aliphatic imine (C=N–C) groups is 1. The summed E-state index contributed by atoms with van der Waals surface area (Å²) in [5, 5.41) is 2.01. The van der Waals surface area contributed by atoms with E-state index in [4.69, 9.17) is 4.74 Å². The molecule has 2 aromatic heterocycles. The van der Waals surface area contributed by atoms with Crippen molar-refractivity contribution in [2.24, 2.45) is 4.99 Å². The number of aromatic nitrogens is 3. The standard InChI is InChI=1S/C11H12N4OS/c1-7(9-5-4-6-17-9)12-10-13-8(2)14-11(15-10)16-3/h4-6H,1-3H3/b12-7+. The first kappa shape index (κ1) is 11.7. The SMILES string of the molecule is COc1nc(C)nc(/N=C(\C)c2cccs2)n1. The highest BCUT2D eigenvalue weighted by Crippen LogP contribution is 2.15. The van der Waals surface area contributed by atoms with Crippen molar-refractivity contribution >= 4 is 23.0 Å². The molecule has 0 saturated carbocycles. The molecule has 0 aliphatic heterocycles. The van der Waals surface area contributed by atoms with E-state index in [1.54, 1.807) is 18.3 Å². The number of thiophene rings is 1. The number of methoxy groups -OCH3 is 1. The molecule has 5 nitrogen and oxygen atoms in total. The van der Waals surface area contributed by atoms with Crippen LogP contribution >= 0.6 is 11.3 Å². The van der Waals surface area contributed by atoms with Gasteiger partial charge in [0, 0.05) is 4.88 Å². The highest BCUT2D eigenvalue weighted by Gasteiger charge is 2.04. The molecule has 0 spiro atoms. The Morgan fingerprint density at radius 2 is 2.18 bits per heavy atom. The molecule has 0 aliphatic carbocycles. The number of aryl methyl sites for hydroxylation is 1. The lowest BCUT2D eigenvalue weighted by Crippen LogP contribution is -1.98. The van der Waals surface area contributed by atoms with Crippen LogP contribution in [-0.4, -0.2) is 27.8 Å². The lowest BCUT2D eigenvalue weighted by molar-refractivity contribution is 0.377. The summed E-state index contributed by atoms with van der Waals surface area (Å²) < 4.78 is 4.98. The van der Waals surface area contributed by atoms with E-state index in [0.29, 0.717) is 11.8 Å². The Kier molecular flexibility index (Phi) is 3.43. The summed E-state index contributed by atoms with van der Waals surface area (Å²) in [6.45, 7) is 3.71. The van der Waals surface area contributed by atoms with Gasteiger partial charge in [0.05, 0.1) is 12.8 Å². The van der Waals surface area contributed by atoms with Gasteiger partial charge in [0.2, 0.25) is 0 Å². The fraction of sp³-hybridized carbons (Fsp3) is 0.273. The largest absolute Gasteiger partial charge is 0.467 e. The van der Waals surface area contributed by atoms with Crippen molar-refractivity contribution < 1.29 is 4.74 Å². The van der Waals surface area contributed by atoms with E-state index in [0.717, 1.165) is 10.6 Å². The molecule has 2 rings (SSSR count). The molecule has 0 fully saturated rings. The van der Waals surface area contributed by atoms with Crippen LogP contribution in [0.15, 0.2) is 22.5 Å². The van der Waals surface area contributed by atoms with Crippen molar-refractivity contribution in [1.82, 2.24) is 15.0 Å². The molecule has 17 heavy (non-hydrogen) atoms. The highest BCUT2D eigenvalue weighted by molar-refractivity contribution is 7.12. The summed E-state index contributed by atoms with van der Waals surface area (Å²) in [4.78, 5) is 17.7. The minimum absolute atomic E-state index is 0.287. The molecule has 0 radical (unpaired) electrons. The van der Waals surface area contributed by atoms with Gasteiger partial charge < -0.3 is 4.74 Å². The molecule has 88 valence electrons. The predicted molar refractivity (Wildman–Crippen MR) is 67.3 cm³/mol. The monoisotopic (exact) mass is 248 g/mol. The van der Waals surface area contributed by atoms with Crippen LogP contribution < -0.4 is 4.74 Å². The van der Waals surface area contributed by atoms with E-state index >= 15 is 0 Å². The van der Waals surface area contributed by atoms with Crippen LogP contribution in [0.5, 0.6) is 6.01 Å². The molecule has 2 aromatic rings. The second-order valence-electron chi connectivity index (χ2n) is 3.34. The van der Waals surface area contributed by atoms with Crippen LogP contribution in [0.4, 0.5) is 5.95 Å². The van der Waals surface area contributed by atoms with E-state index in [1.165, 1.54) is 7.11 Å². The van der Waals surface area contributed by atoms with Crippen LogP contribution in [-0.2, 0) is 0 Å². The van der Waals surface area contributed by atoms with E-state index in [1.807, 2.05) is 24.4 Å². The minimum Gasteiger partial charge on any atom is -0.467 e. The molecular weight excluding hydrogens is 236 g/mol. The third-order valence-corrected chi connectivity index (χ3v) is 3.02. The Morgan fingerprint density at radius 3 is 2.82 bits per heavy atom. The molecule has 6 heteroatoms. The van der Waals surface area contributed by atoms with Crippen LogP contribution in [0.25, 0.3) is 0 Å². The van der Waals surface area contributed by atoms with Crippen LogP contribution in [0.3, 0.4) is 0 Å². The van der Waals surface area contributed by atoms with Gasteiger partial charge in [-0.05, 0) is 25.3 Å². The molecule has 0 unspecified atom stereocenters. The maximum Gasteiger partial charge on any atom is 0.321 e. The van der Waals surface area contributed by atoms with Crippen LogP contribution in [0, 0.1) is 6.92 Å². The number of nitrogens with zero attached hydrogens (tertiary/aromatic N) is 4. The van der Waals surface area contributed by atoms with Gasteiger partial charge in [0.25, 0.3) is 5.95 Å². The zero-order valence-electron chi connectivity index (χ0n) is 9.84. The van der Waals surface area contributed by atoms with Gasteiger partial charge in [-0.25, -0.2) is 4.99 Å². The zero-order chi connectivity index (χ0) is 12.3. The smallest absolute Gasteiger partial charge is 0.321 e. The van der Waals surface area contributed by atoms with E-state index in [9.17, 15) is 0 Å². The van der Waals surface area contributed by atoms with E-state index < -0.39 is 0 Å². The molecule has 0 aromatic carbocycles. The lowest BCUT2D eigenvalue weighted by Gasteiger charge is -2.00. The maximum absolute atomic E-state index is 4.98. The van der Waals surface area contributed by atoms with Crippen molar-refractivity contribution in [1.29, 1.82) is 0 Å². The average molecular weight is 248 g/mol. The van der Waals surface area contributed by atoms with Gasteiger partial charge in [-0.2, -0.15) is 15.0 Å². The molecule has 0 atom stereocenters. The summed E-state index contributed by atoms with van der Waals surface area (Å²) in [7, 11) is 1.52. The third-order valence-electron chi connectivity index (χ3n) is 2.04. The number of hydrogen-bond acceptors (Lipinski definition) is 6. The Labute approximate surface area is 103 Å². The second kappa shape index (κ2) is 5.01. The first-order chi connectivity index (χ1) is 8.19. The molecule has 0 aliphatic rings. The summed E-state index contributed by atoms with van der Waals surface area (Å²) in [5.74, 6) is 0.967. The molecular formula is C11H12N4OS. The molecule has 2 heterocycles. The van der Waals surface area contributed by atoms with Crippen molar-refractivity contribution in [3.63, 3.8) is 0 Å². The van der Waals surface area contributed by atoms with Crippen molar-refractivity contribution in [2.45, 2.75) is 13.8 Å². The maximum atomic E-state index is 4.98. The zero-order valence-corrected chi connectivity index (χ0v) is 10.7. The fourth-order valence-electron chi connectivity index (χ4n) is 1.27. The quantitative estimate of drug-likeness (QED) is 0.782. The Morgan fingerprint density at radius 1 is 1.35 bits per heavy atom.